The van der Waals surface area contributed by atoms with Crippen molar-refractivity contribution in [2.45, 2.75) is 153 Å². The number of phenolic OH excluding ortho intramolecular Hbond substituents is 1. The van der Waals surface area contributed by atoms with E-state index in [0.29, 0.717) is 41.4 Å². The molecule has 5 saturated heterocycles. The maximum atomic E-state index is 14.4. The van der Waals surface area contributed by atoms with Crippen LogP contribution in [0.5, 0.6) is 11.6 Å². The van der Waals surface area contributed by atoms with Gasteiger partial charge in [-0.15, -0.1) is 11.3 Å². The molecule has 86 heavy (non-hydrogen) atoms. The van der Waals surface area contributed by atoms with Crippen LogP contribution in [0.15, 0.2) is 106 Å². The van der Waals surface area contributed by atoms with Crippen molar-refractivity contribution in [1.29, 1.82) is 0 Å². The molecule has 6 aliphatic heterocycles. The fourth-order valence-corrected chi connectivity index (χ4v) is 15.3. The van der Waals surface area contributed by atoms with E-state index < -0.39 is 18.1 Å². The van der Waals surface area contributed by atoms with Crippen molar-refractivity contribution in [3.63, 3.8) is 0 Å². The molecule has 0 spiro atoms. The van der Waals surface area contributed by atoms with Crippen molar-refractivity contribution in [2.24, 2.45) is 22.7 Å². The van der Waals surface area contributed by atoms with E-state index in [2.05, 4.69) is 75.5 Å². The van der Waals surface area contributed by atoms with Gasteiger partial charge in [-0.25, -0.2) is 15.0 Å². The molecule has 0 radical (unpaired) electrons. The third kappa shape index (κ3) is 12.2. The minimum atomic E-state index is -0.803. The summed E-state index contributed by atoms with van der Waals surface area (Å²) in [6.07, 6.45) is 16.5. The monoisotopic (exact) mass is 1190 g/mol. The number of aliphatic hydroxyl groups excluding tert-OH is 1. The van der Waals surface area contributed by atoms with Gasteiger partial charge in [0.05, 0.1) is 51.8 Å². The minimum Gasteiger partial charge on any atom is -0.507 e. The van der Waals surface area contributed by atoms with Crippen LogP contribution in [-0.2, 0) is 14.3 Å². The van der Waals surface area contributed by atoms with Gasteiger partial charge in [0.1, 0.15) is 35.5 Å². The minimum absolute atomic E-state index is 0.0848. The van der Waals surface area contributed by atoms with Crippen LogP contribution >= 0.6 is 11.3 Å². The van der Waals surface area contributed by atoms with Gasteiger partial charge in [0.25, 0.3) is 0 Å². The summed E-state index contributed by atoms with van der Waals surface area (Å²) in [5.41, 5.74) is 15.1. The number of fused-ring (bicyclic) bond motifs is 2. The number of hydrogen-bond donors (Lipinski definition) is 5. The lowest BCUT2D eigenvalue weighted by atomic mass is 9.89. The normalized spacial score (nSPS) is 25.0. The largest absolute Gasteiger partial charge is 0.507 e. The second-order valence-electron chi connectivity index (χ2n) is 25.5. The standard InChI is InChI=1S/C66H82N12O7S/c1-39(2)62(66(82)77-37-49(79)29-56(77)65(81)71-40(3)44-11-13-45(14-12-44)63-41(4)70-38-86-63)58-33-60(73-85-58)75-23-18-42(19-24-75)9-10-43-27-59(69-34-43)74-25-20-50(21-26-74)83-51-30-52(31-51)84-61-28-46(17-22-68-61)78-47-15-16-48(78)36-76(35-47)55-32-54(72-64(55)67)53-7-5-6-8-57(53)80/h5-8,11-14,17,22,27-28,32-34,38-40,42-43,47-52,56,62,72,79-80H,9-10,15-16,18-21,23-26,29-31,35-37,67H2,1-4H3,(H,71,81)/t40-,43?,47?,48?,49+,51?,52?,56-,62+/m0/s1. The number of benzene rings is 2. The Morgan fingerprint density at radius 2 is 1.60 bits per heavy atom. The number of aromatic nitrogens is 4. The average molecular weight is 1190 g/mol. The fraction of sp³-hybridized carbons (Fsp3) is 0.515. The second-order valence-corrected chi connectivity index (χ2v) is 26.4. The number of carbonyl (C=O) groups excluding carboxylic acids is 2. The summed E-state index contributed by atoms with van der Waals surface area (Å²) >= 11 is 1.60. The number of hydrogen-bond acceptors (Lipinski definition) is 17. The van der Waals surface area contributed by atoms with Gasteiger partial charge in [0, 0.05) is 119 Å². The van der Waals surface area contributed by atoms with E-state index in [1.807, 2.05) is 87.9 Å². The molecule has 6 aromatic rings. The number of nitrogens with one attached hydrogen (secondary N) is 2. The number of allylic oxidation sites excluding steroid dienone is 1. The number of likely N-dealkylation sites (tertiary alicyclic amines) is 2. The van der Waals surface area contributed by atoms with Gasteiger partial charge in [-0.3, -0.25) is 9.59 Å². The van der Waals surface area contributed by atoms with Crippen LogP contribution in [0.25, 0.3) is 21.7 Å². The van der Waals surface area contributed by atoms with Crippen LogP contribution in [0.1, 0.15) is 120 Å². The molecule has 20 heteroatoms. The van der Waals surface area contributed by atoms with E-state index in [4.69, 9.17) is 24.7 Å². The van der Waals surface area contributed by atoms with E-state index in [1.165, 1.54) is 0 Å². The number of para-hydroxylation sites is 1. The van der Waals surface area contributed by atoms with Crippen molar-refractivity contribution >= 4 is 52.4 Å². The number of H-pyrrole nitrogens is 1. The van der Waals surface area contributed by atoms with E-state index in [-0.39, 0.29) is 60.8 Å². The first-order valence-corrected chi connectivity index (χ1v) is 32.2. The van der Waals surface area contributed by atoms with Crippen LogP contribution in [0.2, 0.25) is 0 Å². The first-order valence-electron chi connectivity index (χ1n) is 31.3. The summed E-state index contributed by atoms with van der Waals surface area (Å²) in [6, 6.07) is 23.2. The lowest BCUT2D eigenvalue weighted by Crippen LogP contribution is -2.54. The number of aromatic hydroxyl groups is 1. The number of nitrogens with two attached hydrogens (primary N) is 1. The number of aromatic amines is 1. The summed E-state index contributed by atoms with van der Waals surface area (Å²) in [5.74, 6) is 3.49. The van der Waals surface area contributed by atoms with Crippen LogP contribution in [-0.4, -0.2) is 147 Å². The number of ether oxygens (including phenoxy) is 2. The summed E-state index contributed by atoms with van der Waals surface area (Å²) < 4.78 is 19.1. The number of pyridine rings is 1. The molecule has 6 fully saturated rings. The number of phenols is 1. The van der Waals surface area contributed by atoms with Gasteiger partial charge in [-0.1, -0.05) is 55.4 Å². The molecule has 3 unspecified atom stereocenters. The Bertz CT molecular complexity index is 3400. The maximum Gasteiger partial charge on any atom is 0.243 e. The quantitative estimate of drug-likeness (QED) is 0.0509. The van der Waals surface area contributed by atoms with Gasteiger partial charge < -0.3 is 64.7 Å². The molecular weight excluding hydrogens is 1100 g/mol. The highest BCUT2D eigenvalue weighted by Crippen LogP contribution is 2.42. The molecule has 1 aliphatic carbocycles. The summed E-state index contributed by atoms with van der Waals surface area (Å²) in [4.78, 5) is 57.8. The number of thiazole rings is 1. The van der Waals surface area contributed by atoms with Gasteiger partial charge in [-0.2, -0.15) is 0 Å². The number of carbonyl (C=O) groups is 2. The number of anilines is 4. The number of β-amino-alcohol motifs (C(OH)–C–C–N with tert-alkyl or cyclic N) is 1. The Morgan fingerprint density at radius 1 is 0.849 bits per heavy atom. The van der Waals surface area contributed by atoms with Gasteiger partial charge in [0.15, 0.2) is 11.6 Å². The zero-order chi connectivity index (χ0) is 59.2. The SMILES string of the molecule is Cc1ncsc1-c1ccc([C@H](C)NC(=O)[C@@H]2C[C@@H](O)CN2C(=O)[C@@H](c2cc(N3CCC(CCC4C=NC(N5CCC(OC6CC(Oc7cc(N8C9CCC8CN(c8cc(-c%10ccccc%10O)[nH]c8N)C9)ccn7)C6)CC5)=C4)CC3)no2)C(C)C)cc1. The van der Waals surface area contributed by atoms with E-state index in [1.54, 1.807) is 22.3 Å². The highest BCUT2D eigenvalue weighted by Gasteiger charge is 2.45. The van der Waals surface area contributed by atoms with Crippen molar-refractivity contribution in [3.05, 3.63) is 113 Å². The third-order valence-corrected chi connectivity index (χ3v) is 20.3. The Balaban J connectivity index is 0.519. The molecule has 6 N–H and O–H groups in total. The summed E-state index contributed by atoms with van der Waals surface area (Å²) in [6.45, 7) is 13.3. The molecule has 4 aromatic heterocycles. The van der Waals surface area contributed by atoms with Crippen LogP contribution < -0.4 is 30.5 Å². The first kappa shape index (κ1) is 57.6. The fourth-order valence-electron chi connectivity index (χ4n) is 14.5. The molecule has 13 rings (SSSR count). The van der Waals surface area contributed by atoms with E-state index in [0.717, 1.165) is 159 Å². The third-order valence-electron chi connectivity index (χ3n) is 19.4. The zero-order valence-electron chi connectivity index (χ0n) is 49.8. The Kier molecular flexibility index (Phi) is 16.6. The number of aliphatic hydroxyl groups is 1. The molecule has 7 aliphatic rings. The number of amides is 2. The number of nitrogens with zero attached hydrogens (tertiary/aromatic N) is 9. The van der Waals surface area contributed by atoms with Gasteiger partial charge in [-0.05, 0) is 119 Å². The van der Waals surface area contributed by atoms with Crippen LogP contribution in [0.4, 0.5) is 23.0 Å². The Labute approximate surface area is 507 Å². The highest BCUT2D eigenvalue weighted by atomic mass is 32.1. The number of piperidine rings is 2. The first-order chi connectivity index (χ1) is 41.7. The lowest BCUT2D eigenvalue weighted by Gasteiger charge is -2.43. The molecule has 10 heterocycles. The predicted molar refractivity (Wildman–Crippen MR) is 334 cm³/mol. The molecule has 1 saturated carbocycles. The van der Waals surface area contributed by atoms with E-state index in [9.17, 15) is 19.8 Å². The topological polar surface area (TPSA) is 227 Å². The number of piperazine rings is 1. The number of aryl methyl sites for hydroxylation is 1. The Morgan fingerprint density at radius 3 is 2.34 bits per heavy atom. The number of aliphatic imine (C=N–C) groups is 1. The molecule has 2 aromatic carbocycles. The molecule has 2 amide bonds. The smallest absolute Gasteiger partial charge is 0.243 e. The summed E-state index contributed by atoms with van der Waals surface area (Å²) in [7, 11) is 0. The Hall–Kier alpha value is -7.42. The van der Waals surface area contributed by atoms with Crippen molar-refractivity contribution in [2.75, 3.05) is 66.2 Å². The van der Waals surface area contributed by atoms with Crippen LogP contribution in [0, 0.1) is 24.7 Å². The predicted octanol–water partition coefficient (Wildman–Crippen LogP) is 9.85. The molecule has 7 atom stereocenters. The van der Waals surface area contributed by atoms with Crippen molar-refractivity contribution in [1.82, 2.24) is 35.2 Å². The number of rotatable bonds is 19. The molecular formula is C66H82N12O7S. The van der Waals surface area contributed by atoms with Crippen molar-refractivity contribution in [3.8, 4) is 33.3 Å². The molecule has 454 valence electrons. The van der Waals surface area contributed by atoms with Crippen LogP contribution in [0.3, 0.4) is 0 Å². The maximum absolute atomic E-state index is 14.4. The summed E-state index contributed by atoms with van der Waals surface area (Å²) in [5, 5.41) is 28.9. The van der Waals surface area contributed by atoms with E-state index >= 15 is 0 Å². The second kappa shape index (κ2) is 24.8. The zero-order valence-corrected chi connectivity index (χ0v) is 50.7. The number of nitrogen functional groups attached to an aromatic ring is 1. The molecule has 19 nitrogen and oxygen atoms in total. The van der Waals surface area contributed by atoms with Gasteiger partial charge >= 0.3 is 0 Å². The van der Waals surface area contributed by atoms with Crippen molar-refractivity contribution < 1.29 is 33.8 Å². The average Bonchev–Trinajstić information content (AvgIpc) is 3.39. The molecule has 2 bridgehead atoms. The highest BCUT2D eigenvalue weighted by molar-refractivity contribution is 7.13. The lowest BCUT2D eigenvalue weighted by molar-refractivity contribution is -0.141. The van der Waals surface area contributed by atoms with Gasteiger partial charge in [0.2, 0.25) is 17.7 Å².